The number of benzene rings is 1. The molecule has 0 heterocycles. The summed E-state index contributed by atoms with van der Waals surface area (Å²) >= 11 is 0. The van der Waals surface area contributed by atoms with Crippen molar-refractivity contribution in [1.29, 1.82) is 0 Å². The molecule has 1 aromatic rings. The van der Waals surface area contributed by atoms with Crippen molar-refractivity contribution in [2.45, 2.75) is 27.3 Å². The van der Waals surface area contributed by atoms with Gasteiger partial charge in [0.05, 0.1) is 4.92 Å². The number of nitrogens with zero attached hydrogens (tertiary/aromatic N) is 2. The molecule has 0 aliphatic carbocycles. The second-order valence-corrected chi connectivity index (χ2v) is 4.01. The monoisotopic (exact) mass is 237 g/mol. The van der Waals surface area contributed by atoms with E-state index in [1.54, 1.807) is 6.07 Å². The summed E-state index contributed by atoms with van der Waals surface area (Å²) in [7, 11) is 0. The zero-order valence-corrected chi connectivity index (χ0v) is 10.6. The van der Waals surface area contributed by atoms with Gasteiger partial charge in [0.15, 0.2) is 0 Å². The number of anilines is 1. The SMILES string of the molecule is CCN(CC)Cc1c(C)ccc([N+](=O)[O-])c1N. The molecule has 2 N–H and O–H groups in total. The van der Waals surface area contributed by atoms with Gasteiger partial charge in [0.25, 0.3) is 5.69 Å². The number of hydrogen-bond donors (Lipinski definition) is 1. The van der Waals surface area contributed by atoms with Crippen molar-refractivity contribution < 1.29 is 4.92 Å². The first kappa shape index (κ1) is 13.4. The van der Waals surface area contributed by atoms with Crippen LogP contribution in [0.15, 0.2) is 12.1 Å². The zero-order chi connectivity index (χ0) is 13.0. The van der Waals surface area contributed by atoms with E-state index in [1.165, 1.54) is 6.07 Å². The molecule has 0 atom stereocenters. The van der Waals surface area contributed by atoms with Gasteiger partial charge in [0.2, 0.25) is 0 Å². The minimum atomic E-state index is -0.430. The lowest BCUT2D eigenvalue weighted by Gasteiger charge is -2.20. The Hall–Kier alpha value is -1.62. The molecule has 5 nitrogen and oxygen atoms in total. The highest BCUT2D eigenvalue weighted by Crippen LogP contribution is 2.28. The number of aryl methyl sites for hydroxylation is 1. The molecule has 0 saturated heterocycles. The van der Waals surface area contributed by atoms with Crippen LogP contribution in [0, 0.1) is 17.0 Å². The highest BCUT2D eigenvalue weighted by molar-refractivity contribution is 5.65. The Morgan fingerprint density at radius 3 is 2.41 bits per heavy atom. The fourth-order valence-electron chi connectivity index (χ4n) is 1.80. The Morgan fingerprint density at radius 2 is 1.94 bits per heavy atom. The van der Waals surface area contributed by atoms with Gasteiger partial charge in [0.1, 0.15) is 5.69 Å². The van der Waals surface area contributed by atoms with Crippen LogP contribution in [0.4, 0.5) is 11.4 Å². The van der Waals surface area contributed by atoms with Gasteiger partial charge in [-0.1, -0.05) is 19.9 Å². The minimum Gasteiger partial charge on any atom is -0.393 e. The van der Waals surface area contributed by atoms with Gasteiger partial charge in [0, 0.05) is 12.6 Å². The van der Waals surface area contributed by atoms with Gasteiger partial charge in [-0.3, -0.25) is 15.0 Å². The Bertz CT molecular complexity index is 414. The summed E-state index contributed by atoms with van der Waals surface area (Å²) in [6.07, 6.45) is 0. The summed E-state index contributed by atoms with van der Waals surface area (Å²) in [5.74, 6) is 0. The third kappa shape index (κ3) is 2.94. The van der Waals surface area contributed by atoms with Crippen LogP contribution in [0.2, 0.25) is 0 Å². The molecule has 0 amide bonds. The van der Waals surface area contributed by atoms with Crippen LogP contribution in [0.1, 0.15) is 25.0 Å². The first-order valence-electron chi connectivity index (χ1n) is 5.75. The smallest absolute Gasteiger partial charge is 0.292 e. The van der Waals surface area contributed by atoms with Crippen molar-refractivity contribution in [2.24, 2.45) is 0 Å². The number of nitro groups is 1. The number of nitrogen functional groups attached to an aromatic ring is 1. The Balaban J connectivity index is 3.13. The summed E-state index contributed by atoms with van der Waals surface area (Å²) in [5, 5.41) is 10.8. The van der Waals surface area contributed by atoms with E-state index in [4.69, 9.17) is 5.73 Å². The van der Waals surface area contributed by atoms with E-state index in [-0.39, 0.29) is 5.69 Å². The lowest BCUT2D eigenvalue weighted by molar-refractivity contribution is -0.384. The van der Waals surface area contributed by atoms with Gasteiger partial charge in [-0.2, -0.15) is 0 Å². The summed E-state index contributed by atoms with van der Waals surface area (Å²) in [6.45, 7) is 8.51. The minimum absolute atomic E-state index is 0.00208. The largest absolute Gasteiger partial charge is 0.393 e. The Labute approximate surface area is 101 Å². The molecule has 0 aromatic heterocycles. The summed E-state index contributed by atoms with van der Waals surface area (Å²) in [6, 6.07) is 3.23. The summed E-state index contributed by atoms with van der Waals surface area (Å²) in [5.41, 5.74) is 8.03. The predicted octanol–water partition coefficient (Wildman–Crippen LogP) is 2.33. The van der Waals surface area contributed by atoms with E-state index in [2.05, 4.69) is 18.7 Å². The maximum Gasteiger partial charge on any atom is 0.292 e. The van der Waals surface area contributed by atoms with Gasteiger partial charge in [-0.05, 0) is 31.1 Å². The maximum absolute atomic E-state index is 10.8. The first-order valence-corrected chi connectivity index (χ1v) is 5.75. The van der Waals surface area contributed by atoms with E-state index in [0.717, 1.165) is 24.2 Å². The topological polar surface area (TPSA) is 72.4 Å². The molecule has 0 saturated carbocycles. The lowest BCUT2D eigenvalue weighted by Crippen LogP contribution is -2.23. The third-order valence-corrected chi connectivity index (χ3v) is 3.04. The molecule has 0 bridgehead atoms. The van der Waals surface area contributed by atoms with Crippen LogP contribution in [-0.2, 0) is 6.54 Å². The highest BCUT2D eigenvalue weighted by atomic mass is 16.6. The molecule has 0 spiro atoms. The Kier molecular flexibility index (Phi) is 4.45. The quantitative estimate of drug-likeness (QED) is 0.484. The van der Waals surface area contributed by atoms with Gasteiger partial charge < -0.3 is 5.73 Å². The molecule has 17 heavy (non-hydrogen) atoms. The molecular weight excluding hydrogens is 218 g/mol. The van der Waals surface area contributed by atoms with E-state index in [0.29, 0.717) is 12.2 Å². The molecule has 0 aliphatic rings. The normalized spacial score (nSPS) is 10.8. The zero-order valence-electron chi connectivity index (χ0n) is 10.6. The first-order chi connectivity index (χ1) is 8.01. The third-order valence-electron chi connectivity index (χ3n) is 3.04. The van der Waals surface area contributed by atoms with Crippen molar-refractivity contribution in [2.75, 3.05) is 18.8 Å². The van der Waals surface area contributed by atoms with Crippen LogP contribution < -0.4 is 5.73 Å². The van der Waals surface area contributed by atoms with Crippen LogP contribution in [0.25, 0.3) is 0 Å². The van der Waals surface area contributed by atoms with Crippen molar-refractivity contribution in [3.05, 3.63) is 33.4 Å². The molecule has 5 heteroatoms. The molecule has 0 fully saturated rings. The molecule has 0 aliphatic heterocycles. The average Bonchev–Trinajstić information content (AvgIpc) is 2.29. The second kappa shape index (κ2) is 5.63. The van der Waals surface area contributed by atoms with Crippen LogP contribution >= 0.6 is 0 Å². The molecule has 1 aromatic carbocycles. The van der Waals surface area contributed by atoms with Gasteiger partial charge in [-0.15, -0.1) is 0 Å². The number of rotatable bonds is 5. The van der Waals surface area contributed by atoms with Crippen molar-refractivity contribution in [1.82, 2.24) is 4.90 Å². The number of hydrogen-bond acceptors (Lipinski definition) is 4. The number of nitrogens with two attached hydrogens (primary N) is 1. The fourth-order valence-corrected chi connectivity index (χ4v) is 1.80. The van der Waals surface area contributed by atoms with E-state index in [9.17, 15) is 10.1 Å². The van der Waals surface area contributed by atoms with Crippen LogP contribution in [0.5, 0.6) is 0 Å². The van der Waals surface area contributed by atoms with E-state index >= 15 is 0 Å². The molecule has 1 rings (SSSR count). The Morgan fingerprint density at radius 1 is 1.35 bits per heavy atom. The summed E-state index contributed by atoms with van der Waals surface area (Å²) in [4.78, 5) is 12.6. The second-order valence-electron chi connectivity index (χ2n) is 4.01. The molecule has 0 radical (unpaired) electrons. The molecular formula is C12H19N3O2. The fraction of sp³-hybridized carbons (Fsp3) is 0.500. The van der Waals surface area contributed by atoms with Gasteiger partial charge >= 0.3 is 0 Å². The average molecular weight is 237 g/mol. The standard InChI is InChI=1S/C12H19N3O2/c1-4-14(5-2)8-10-9(3)6-7-11(12(10)13)15(16)17/h6-7H,4-5,8,13H2,1-3H3. The van der Waals surface area contributed by atoms with Crippen molar-refractivity contribution in [3.8, 4) is 0 Å². The number of nitro benzene ring substituents is 1. The maximum atomic E-state index is 10.8. The molecule has 0 unspecified atom stereocenters. The van der Waals surface area contributed by atoms with E-state index in [1.807, 2.05) is 6.92 Å². The van der Waals surface area contributed by atoms with Crippen LogP contribution in [-0.4, -0.2) is 22.9 Å². The lowest BCUT2D eigenvalue weighted by atomic mass is 10.0. The van der Waals surface area contributed by atoms with Crippen molar-refractivity contribution >= 4 is 11.4 Å². The van der Waals surface area contributed by atoms with E-state index < -0.39 is 4.92 Å². The van der Waals surface area contributed by atoms with Crippen molar-refractivity contribution in [3.63, 3.8) is 0 Å². The molecule has 94 valence electrons. The van der Waals surface area contributed by atoms with Crippen LogP contribution in [0.3, 0.4) is 0 Å². The summed E-state index contributed by atoms with van der Waals surface area (Å²) < 4.78 is 0. The highest BCUT2D eigenvalue weighted by Gasteiger charge is 2.17. The predicted molar refractivity (Wildman–Crippen MR) is 68.9 cm³/mol. The van der Waals surface area contributed by atoms with Gasteiger partial charge in [-0.25, -0.2) is 0 Å².